The highest BCUT2D eigenvalue weighted by Crippen LogP contribution is 2.23. The Morgan fingerprint density at radius 1 is 1.28 bits per heavy atom. The lowest BCUT2D eigenvalue weighted by atomic mass is 10.2. The molecule has 2 heterocycles. The van der Waals surface area contributed by atoms with Crippen LogP contribution in [0, 0.1) is 0 Å². The standard InChI is InChI=1S/C14H18N2S2/c1-16(2)8-10-18-14-12(5-3-7-15-14)11-13-6-4-9-17-13/h3-7,9H,8,10-11H2,1-2H3. The topological polar surface area (TPSA) is 16.1 Å². The van der Waals surface area contributed by atoms with Gasteiger partial charge in [0.15, 0.2) is 0 Å². The van der Waals surface area contributed by atoms with Crippen LogP contribution in [0.4, 0.5) is 0 Å². The molecule has 2 aromatic heterocycles. The number of hydrogen-bond donors (Lipinski definition) is 0. The maximum atomic E-state index is 4.51. The van der Waals surface area contributed by atoms with E-state index in [1.165, 1.54) is 15.5 Å². The Bertz CT molecular complexity index is 466. The molecular formula is C14H18N2S2. The van der Waals surface area contributed by atoms with Crippen molar-refractivity contribution in [2.24, 2.45) is 0 Å². The van der Waals surface area contributed by atoms with Gasteiger partial charge in [0, 0.05) is 29.8 Å². The second-order valence-electron chi connectivity index (χ2n) is 4.38. The van der Waals surface area contributed by atoms with E-state index in [0.717, 1.165) is 18.7 Å². The van der Waals surface area contributed by atoms with Crippen molar-refractivity contribution in [2.75, 3.05) is 26.4 Å². The van der Waals surface area contributed by atoms with Crippen LogP contribution in [-0.4, -0.2) is 36.3 Å². The number of nitrogens with zero attached hydrogens (tertiary/aromatic N) is 2. The molecule has 2 nitrogen and oxygen atoms in total. The molecule has 2 aromatic rings. The van der Waals surface area contributed by atoms with Gasteiger partial charge in [-0.25, -0.2) is 4.98 Å². The number of hydrogen-bond acceptors (Lipinski definition) is 4. The third-order valence-corrected chi connectivity index (χ3v) is 4.48. The van der Waals surface area contributed by atoms with Crippen LogP contribution < -0.4 is 0 Å². The molecule has 0 aliphatic heterocycles. The first-order valence-corrected chi connectivity index (χ1v) is 7.86. The molecule has 96 valence electrons. The van der Waals surface area contributed by atoms with Crippen LogP contribution in [-0.2, 0) is 6.42 Å². The van der Waals surface area contributed by atoms with E-state index >= 15 is 0 Å². The third kappa shape index (κ3) is 4.12. The average Bonchev–Trinajstić information content (AvgIpc) is 2.84. The van der Waals surface area contributed by atoms with E-state index < -0.39 is 0 Å². The Hall–Kier alpha value is -0.840. The van der Waals surface area contributed by atoms with Crippen LogP contribution in [0.3, 0.4) is 0 Å². The summed E-state index contributed by atoms with van der Waals surface area (Å²) in [5.74, 6) is 1.08. The van der Waals surface area contributed by atoms with Gasteiger partial charge in [-0.05, 0) is 37.2 Å². The van der Waals surface area contributed by atoms with Crippen molar-refractivity contribution >= 4 is 23.1 Å². The molecule has 0 N–H and O–H groups in total. The van der Waals surface area contributed by atoms with E-state index in [1.807, 2.05) is 35.4 Å². The molecule has 2 rings (SSSR count). The molecule has 0 bridgehead atoms. The summed E-state index contributed by atoms with van der Waals surface area (Å²) in [5.41, 5.74) is 1.34. The third-order valence-electron chi connectivity index (χ3n) is 2.57. The largest absolute Gasteiger partial charge is 0.309 e. The molecule has 0 fully saturated rings. The predicted octanol–water partition coefficient (Wildman–Crippen LogP) is 3.39. The summed E-state index contributed by atoms with van der Waals surface area (Å²) in [7, 11) is 4.21. The summed E-state index contributed by atoms with van der Waals surface area (Å²) in [5, 5.41) is 3.30. The van der Waals surface area contributed by atoms with E-state index in [-0.39, 0.29) is 0 Å². The van der Waals surface area contributed by atoms with Crippen molar-refractivity contribution in [3.63, 3.8) is 0 Å². The second-order valence-corrected chi connectivity index (χ2v) is 6.49. The van der Waals surface area contributed by atoms with Crippen molar-refractivity contribution in [3.8, 4) is 0 Å². The first-order valence-electron chi connectivity index (χ1n) is 5.99. The maximum absolute atomic E-state index is 4.51. The van der Waals surface area contributed by atoms with Gasteiger partial charge in [0.05, 0.1) is 5.03 Å². The van der Waals surface area contributed by atoms with Crippen molar-refractivity contribution in [3.05, 3.63) is 46.3 Å². The molecule has 0 radical (unpaired) electrons. The molecule has 0 unspecified atom stereocenters. The van der Waals surface area contributed by atoms with Gasteiger partial charge in [-0.15, -0.1) is 23.1 Å². The van der Waals surface area contributed by atoms with Crippen LogP contribution in [0.5, 0.6) is 0 Å². The second kappa shape index (κ2) is 6.92. The molecule has 0 atom stereocenters. The van der Waals surface area contributed by atoms with Crippen molar-refractivity contribution < 1.29 is 0 Å². The number of rotatable bonds is 6. The van der Waals surface area contributed by atoms with Gasteiger partial charge in [0.1, 0.15) is 0 Å². The Morgan fingerprint density at radius 3 is 2.89 bits per heavy atom. The lowest BCUT2D eigenvalue weighted by molar-refractivity contribution is 0.437. The van der Waals surface area contributed by atoms with Crippen LogP contribution in [0.25, 0.3) is 0 Å². The molecule has 0 spiro atoms. The van der Waals surface area contributed by atoms with Crippen molar-refractivity contribution in [1.82, 2.24) is 9.88 Å². The fourth-order valence-corrected chi connectivity index (χ4v) is 3.45. The van der Waals surface area contributed by atoms with Crippen LogP contribution in [0.1, 0.15) is 10.4 Å². The van der Waals surface area contributed by atoms with E-state index in [4.69, 9.17) is 0 Å². The van der Waals surface area contributed by atoms with Crippen LogP contribution >= 0.6 is 23.1 Å². The highest BCUT2D eigenvalue weighted by molar-refractivity contribution is 7.99. The van der Waals surface area contributed by atoms with Gasteiger partial charge in [0.2, 0.25) is 0 Å². The highest BCUT2D eigenvalue weighted by atomic mass is 32.2. The summed E-state index contributed by atoms with van der Waals surface area (Å²) >= 11 is 3.66. The van der Waals surface area contributed by atoms with Crippen LogP contribution in [0.2, 0.25) is 0 Å². The summed E-state index contributed by atoms with van der Waals surface area (Å²) < 4.78 is 0. The Kier molecular flexibility index (Phi) is 5.23. The van der Waals surface area contributed by atoms with Gasteiger partial charge in [-0.3, -0.25) is 0 Å². The molecule has 0 amide bonds. The zero-order valence-electron chi connectivity index (χ0n) is 10.8. The predicted molar refractivity (Wildman–Crippen MR) is 80.6 cm³/mol. The maximum Gasteiger partial charge on any atom is 0.0995 e. The molecule has 18 heavy (non-hydrogen) atoms. The summed E-state index contributed by atoms with van der Waals surface area (Å²) in [6.45, 7) is 1.08. The average molecular weight is 278 g/mol. The Balaban J connectivity index is 2.01. The number of pyridine rings is 1. The molecular weight excluding hydrogens is 260 g/mol. The molecule has 0 saturated carbocycles. The zero-order valence-corrected chi connectivity index (χ0v) is 12.4. The van der Waals surface area contributed by atoms with Gasteiger partial charge < -0.3 is 4.90 Å². The minimum absolute atomic E-state index is 0.996. The molecule has 4 heteroatoms. The summed E-state index contributed by atoms with van der Waals surface area (Å²) in [6.07, 6.45) is 2.88. The smallest absolute Gasteiger partial charge is 0.0995 e. The molecule has 0 saturated heterocycles. The molecule has 0 aliphatic carbocycles. The Labute approximate surface area is 117 Å². The lowest BCUT2D eigenvalue weighted by Crippen LogP contribution is -2.14. The first kappa shape index (κ1) is 13.6. The first-order chi connectivity index (χ1) is 8.75. The minimum Gasteiger partial charge on any atom is -0.309 e. The van der Waals surface area contributed by atoms with E-state index in [1.54, 1.807) is 0 Å². The van der Waals surface area contributed by atoms with Crippen molar-refractivity contribution in [1.29, 1.82) is 0 Å². The van der Waals surface area contributed by atoms with Crippen LogP contribution in [0.15, 0.2) is 40.9 Å². The summed E-state index contributed by atoms with van der Waals surface area (Å²) in [6, 6.07) is 8.50. The van der Waals surface area contributed by atoms with Gasteiger partial charge in [-0.1, -0.05) is 12.1 Å². The number of aromatic nitrogens is 1. The molecule has 0 aromatic carbocycles. The van der Waals surface area contributed by atoms with Gasteiger partial charge >= 0.3 is 0 Å². The zero-order chi connectivity index (χ0) is 12.8. The monoisotopic (exact) mass is 278 g/mol. The summed E-state index contributed by atoms with van der Waals surface area (Å²) in [4.78, 5) is 8.11. The lowest BCUT2D eigenvalue weighted by Gasteiger charge is -2.10. The van der Waals surface area contributed by atoms with Gasteiger partial charge in [0.25, 0.3) is 0 Å². The van der Waals surface area contributed by atoms with E-state index in [2.05, 4.69) is 47.6 Å². The number of thioether (sulfide) groups is 1. The van der Waals surface area contributed by atoms with Gasteiger partial charge in [-0.2, -0.15) is 0 Å². The Morgan fingerprint density at radius 2 is 2.17 bits per heavy atom. The van der Waals surface area contributed by atoms with Crippen molar-refractivity contribution in [2.45, 2.75) is 11.4 Å². The molecule has 0 aliphatic rings. The van der Waals surface area contributed by atoms with E-state index in [9.17, 15) is 0 Å². The SMILES string of the molecule is CN(C)CCSc1ncccc1Cc1cccs1. The normalized spacial score (nSPS) is 11.1. The minimum atomic E-state index is 0.996. The fourth-order valence-electron chi connectivity index (χ4n) is 1.61. The quantitative estimate of drug-likeness (QED) is 0.754. The number of thiophene rings is 1. The van der Waals surface area contributed by atoms with E-state index in [0.29, 0.717) is 0 Å². The highest BCUT2D eigenvalue weighted by Gasteiger charge is 2.06. The fraction of sp³-hybridized carbons (Fsp3) is 0.357.